The Balaban J connectivity index is 2.50. The Morgan fingerprint density at radius 2 is 1.87 bits per heavy atom. The first kappa shape index (κ1) is 10.2. The van der Waals surface area contributed by atoms with Gasteiger partial charge in [0.2, 0.25) is 0 Å². The molecule has 0 unspecified atom stereocenters. The molecule has 2 aromatic carbocycles. The molecule has 0 aliphatic carbocycles. The average Bonchev–Trinajstić information content (AvgIpc) is 2.28. The van der Waals surface area contributed by atoms with Crippen LogP contribution in [0.25, 0.3) is 10.8 Å². The molecule has 1 heteroatoms. The third-order valence-corrected chi connectivity index (χ3v) is 2.71. The van der Waals surface area contributed by atoms with E-state index >= 15 is 0 Å². The van der Waals surface area contributed by atoms with E-state index in [9.17, 15) is 0 Å². The van der Waals surface area contributed by atoms with E-state index in [0.717, 1.165) is 0 Å². The van der Waals surface area contributed by atoms with Crippen LogP contribution < -0.4 is 5.32 Å². The molecule has 0 aliphatic rings. The van der Waals surface area contributed by atoms with Crippen LogP contribution in [0, 0.1) is 6.92 Å². The standard InChI is InChI=1S/C14H15N/c1-3-15-11(2)13-10-6-8-12-7-4-5-9-14(12)13/h1,4-11,15H,3H2,2H3/t11-/m1/s1. The van der Waals surface area contributed by atoms with Crippen molar-refractivity contribution in [2.75, 3.05) is 6.54 Å². The van der Waals surface area contributed by atoms with E-state index in [1.54, 1.807) is 0 Å². The van der Waals surface area contributed by atoms with Crippen molar-refractivity contribution in [3.8, 4) is 0 Å². The largest absolute Gasteiger partial charge is 0.310 e. The number of rotatable bonds is 3. The number of benzene rings is 2. The summed E-state index contributed by atoms with van der Waals surface area (Å²) in [6.07, 6.45) is 0. The van der Waals surface area contributed by atoms with E-state index in [4.69, 9.17) is 6.92 Å². The Morgan fingerprint density at radius 1 is 1.13 bits per heavy atom. The van der Waals surface area contributed by atoms with Crippen molar-refractivity contribution in [1.82, 2.24) is 5.32 Å². The molecule has 76 valence electrons. The smallest absolute Gasteiger partial charge is 0.0298 e. The van der Waals surface area contributed by atoms with Crippen LogP contribution in [0.2, 0.25) is 0 Å². The zero-order valence-corrected chi connectivity index (χ0v) is 8.90. The van der Waals surface area contributed by atoms with E-state index in [1.165, 1.54) is 16.3 Å². The monoisotopic (exact) mass is 197 g/mol. The van der Waals surface area contributed by atoms with Gasteiger partial charge in [-0.05, 0) is 36.7 Å². The fraction of sp³-hybridized carbons (Fsp3) is 0.214. The van der Waals surface area contributed by atoms with Gasteiger partial charge in [0.05, 0.1) is 0 Å². The SMILES string of the molecule is [CH]CN[C@H](C)c1cccc2ccccc12. The summed E-state index contributed by atoms with van der Waals surface area (Å²) in [6.45, 7) is 8.14. The summed E-state index contributed by atoms with van der Waals surface area (Å²) in [5.74, 6) is 0. The van der Waals surface area contributed by atoms with Gasteiger partial charge in [-0.15, -0.1) is 0 Å². The Labute approximate surface area is 91.1 Å². The lowest BCUT2D eigenvalue weighted by Gasteiger charge is -2.15. The fourth-order valence-electron chi connectivity index (χ4n) is 1.91. The van der Waals surface area contributed by atoms with Crippen LogP contribution in [-0.4, -0.2) is 6.54 Å². The van der Waals surface area contributed by atoms with Gasteiger partial charge in [0.15, 0.2) is 0 Å². The third kappa shape index (κ3) is 2.02. The van der Waals surface area contributed by atoms with Gasteiger partial charge in [-0.1, -0.05) is 42.5 Å². The summed E-state index contributed by atoms with van der Waals surface area (Å²) >= 11 is 0. The summed E-state index contributed by atoms with van der Waals surface area (Å²) < 4.78 is 0. The molecule has 2 rings (SSSR count). The fourth-order valence-corrected chi connectivity index (χ4v) is 1.91. The van der Waals surface area contributed by atoms with Crippen molar-refractivity contribution < 1.29 is 0 Å². The first-order valence-electron chi connectivity index (χ1n) is 5.24. The van der Waals surface area contributed by atoms with E-state index in [2.05, 4.69) is 54.7 Å². The zero-order chi connectivity index (χ0) is 10.7. The molecule has 0 amide bonds. The maximum atomic E-state index is 5.50. The van der Waals surface area contributed by atoms with Crippen molar-refractivity contribution in [3.05, 3.63) is 55.0 Å². The topological polar surface area (TPSA) is 12.0 Å². The highest BCUT2D eigenvalue weighted by atomic mass is 14.9. The molecular weight excluding hydrogens is 182 g/mol. The van der Waals surface area contributed by atoms with Crippen molar-refractivity contribution in [2.45, 2.75) is 13.0 Å². The van der Waals surface area contributed by atoms with Crippen LogP contribution in [-0.2, 0) is 0 Å². The molecule has 0 fully saturated rings. The normalized spacial score (nSPS) is 12.9. The molecule has 0 aliphatic heterocycles. The zero-order valence-electron chi connectivity index (χ0n) is 8.90. The number of fused-ring (bicyclic) bond motifs is 1. The van der Waals surface area contributed by atoms with E-state index in [1.807, 2.05) is 0 Å². The van der Waals surface area contributed by atoms with Gasteiger partial charge in [0.25, 0.3) is 0 Å². The first-order chi connectivity index (χ1) is 7.33. The predicted octanol–water partition coefficient (Wildman–Crippen LogP) is 3.20. The number of hydrogen-bond donors (Lipinski definition) is 1. The van der Waals surface area contributed by atoms with Crippen molar-refractivity contribution in [1.29, 1.82) is 0 Å². The van der Waals surface area contributed by atoms with Crippen molar-refractivity contribution >= 4 is 10.8 Å². The maximum absolute atomic E-state index is 5.50. The predicted molar refractivity (Wildman–Crippen MR) is 64.7 cm³/mol. The van der Waals surface area contributed by atoms with Gasteiger partial charge in [-0.25, -0.2) is 0 Å². The number of hydrogen-bond acceptors (Lipinski definition) is 1. The lowest BCUT2D eigenvalue weighted by molar-refractivity contribution is 0.620. The second-order valence-corrected chi connectivity index (χ2v) is 3.70. The van der Waals surface area contributed by atoms with E-state index < -0.39 is 0 Å². The van der Waals surface area contributed by atoms with Gasteiger partial charge in [-0.2, -0.15) is 0 Å². The molecule has 2 radical (unpaired) electrons. The Bertz CT molecular complexity index is 443. The van der Waals surface area contributed by atoms with Crippen LogP contribution in [0.1, 0.15) is 18.5 Å². The molecule has 0 heterocycles. The number of nitrogens with one attached hydrogen (secondary N) is 1. The first-order valence-corrected chi connectivity index (χ1v) is 5.24. The molecule has 0 aromatic heterocycles. The van der Waals surface area contributed by atoms with Gasteiger partial charge in [0, 0.05) is 6.04 Å². The highest BCUT2D eigenvalue weighted by Gasteiger charge is 2.06. The highest BCUT2D eigenvalue weighted by molar-refractivity contribution is 5.86. The van der Waals surface area contributed by atoms with Crippen molar-refractivity contribution in [2.24, 2.45) is 0 Å². The Kier molecular flexibility index (Phi) is 3.02. The molecule has 15 heavy (non-hydrogen) atoms. The molecule has 0 saturated carbocycles. The second-order valence-electron chi connectivity index (χ2n) is 3.70. The molecule has 1 N–H and O–H groups in total. The molecule has 2 aromatic rings. The quantitative estimate of drug-likeness (QED) is 0.796. The van der Waals surface area contributed by atoms with Crippen LogP contribution >= 0.6 is 0 Å². The highest BCUT2D eigenvalue weighted by Crippen LogP contribution is 2.23. The van der Waals surface area contributed by atoms with Crippen LogP contribution in [0.4, 0.5) is 0 Å². The minimum atomic E-state index is 0.293. The molecule has 0 saturated heterocycles. The van der Waals surface area contributed by atoms with Crippen LogP contribution in [0.3, 0.4) is 0 Å². The lowest BCUT2D eigenvalue weighted by Crippen LogP contribution is -2.17. The van der Waals surface area contributed by atoms with Crippen molar-refractivity contribution in [3.63, 3.8) is 0 Å². The average molecular weight is 197 g/mol. The third-order valence-electron chi connectivity index (χ3n) is 2.71. The maximum Gasteiger partial charge on any atom is 0.0298 e. The molecule has 1 atom stereocenters. The summed E-state index contributed by atoms with van der Waals surface area (Å²) in [5.41, 5.74) is 1.30. The van der Waals surface area contributed by atoms with E-state index in [0.29, 0.717) is 12.6 Å². The summed E-state index contributed by atoms with van der Waals surface area (Å²) in [6, 6.07) is 15.1. The summed E-state index contributed by atoms with van der Waals surface area (Å²) in [4.78, 5) is 0. The van der Waals surface area contributed by atoms with Gasteiger partial charge >= 0.3 is 0 Å². The Hall–Kier alpha value is -1.34. The van der Waals surface area contributed by atoms with Crippen LogP contribution in [0.15, 0.2) is 42.5 Å². The summed E-state index contributed by atoms with van der Waals surface area (Å²) in [5, 5.41) is 5.81. The minimum Gasteiger partial charge on any atom is -0.310 e. The molecule has 0 bridgehead atoms. The van der Waals surface area contributed by atoms with Gasteiger partial charge in [0.1, 0.15) is 0 Å². The van der Waals surface area contributed by atoms with Crippen LogP contribution in [0.5, 0.6) is 0 Å². The molecule has 1 nitrogen and oxygen atoms in total. The Morgan fingerprint density at radius 3 is 2.67 bits per heavy atom. The minimum absolute atomic E-state index is 0.293. The second kappa shape index (κ2) is 4.45. The van der Waals surface area contributed by atoms with Gasteiger partial charge < -0.3 is 5.32 Å². The summed E-state index contributed by atoms with van der Waals surface area (Å²) in [7, 11) is 0. The molecule has 0 spiro atoms. The lowest BCUT2D eigenvalue weighted by atomic mass is 10.00. The van der Waals surface area contributed by atoms with Gasteiger partial charge in [-0.3, -0.25) is 0 Å². The van der Waals surface area contributed by atoms with E-state index in [-0.39, 0.29) is 0 Å². The molecular formula is C14H15N.